The quantitative estimate of drug-likeness (QED) is 0.747. The molecule has 0 aliphatic rings. The van der Waals surface area contributed by atoms with Crippen LogP contribution < -0.4 is 0 Å². The smallest absolute Gasteiger partial charge is 0.236 e. The van der Waals surface area contributed by atoms with Gasteiger partial charge in [0.25, 0.3) is 0 Å². The van der Waals surface area contributed by atoms with E-state index in [2.05, 4.69) is 9.97 Å². The highest BCUT2D eigenvalue weighted by molar-refractivity contribution is 6.29. The largest absolute Gasteiger partial charge is 0.342 e. The minimum Gasteiger partial charge on any atom is -0.342 e. The van der Waals surface area contributed by atoms with E-state index in [-0.39, 0.29) is 5.91 Å². The molecule has 0 saturated carbocycles. The van der Waals surface area contributed by atoms with E-state index in [1.165, 1.54) is 0 Å². The van der Waals surface area contributed by atoms with Gasteiger partial charge in [-0.05, 0) is 33.9 Å². The SMILES string of the molecule is CCN(CC)C(=O)CN(C)Cc1nc(C)cc(Cl)n1. The Kier molecular flexibility index (Phi) is 6.18. The number of carbonyl (C=O) groups is 1. The van der Waals surface area contributed by atoms with Crippen LogP contribution in [0, 0.1) is 6.92 Å². The van der Waals surface area contributed by atoms with Crippen LogP contribution in [0.2, 0.25) is 5.15 Å². The summed E-state index contributed by atoms with van der Waals surface area (Å²) in [6.07, 6.45) is 0. The molecule has 0 spiro atoms. The summed E-state index contributed by atoms with van der Waals surface area (Å²) < 4.78 is 0. The molecule has 1 rings (SSSR count). The normalized spacial score (nSPS) is 10.8. The van der Waals surface area contributed by atoms with Crippen molar-refractivity contribution in [2.45, 2.75) is 27.3 Å². The Bertz CT molecular complexity index is 414. The van der Waals surface area contributed by atoms with Gasteiger partial charge in [-0.3, -0.25) is 9.69 Å². The molecule has 0 N–H and O–H groups in total. The van der Waals surface area contributed by atoms with Crippen LogP contribution in [0.15, 0.2) is 6.07 Å². The molecule has 0 atom stereocenters. The van der Waals surface area contributed by atoms with Gasteiger partial charge in [0.15, 0.2) is 0 Å². The third-order valence-corrected chi connectivity index (χ3v) is 3.00. The van der Waals surface area contributed by atoms with Gasteiger partial charge in [-0.1, -0.05) is 11.6 Å². The number of hydrogen-bond donors (Lipinski definition) is 0. The lowest BCUT2D eigenvalue weighted by Crippen LogP contribution is -2.38. The molecule has 19 heavy (non-hydrogen) atoms. The summed E-state index contributed by atoms with van der Waals surface area (Å²) in [5.74, 6) is 0.756. The first-order valence-electron chi connectivity index (χ1n) is 6.42. The Morgan fingerprint density at radius 3 is 2.47 bits per heavy atom. The van der Waals surface area contributed by atoms with Crippen molar-refractivity contribution in [2.24, 2.45) is 0 Å². The highest BCUT2D eigenvalue weighted by atomic mass is 35.5. The molecule has 0 aromatic carbocycles. The molecule has 6 heteroatoms. The molecule has 1 amide bonds. The fourth-order valence-corrected chi connectivity index (χ4v) is 2.12. The van der Waals surface area contributed by atoms with Crippen molar-refractivity contribution in [2.75, 3.05) is 26.7 Å². The van der Waals surface area contributed by atoms with Gasteiger partial charge in [0.1, 0.15) is 11.0 Å². The molecule has 0 radical (unpaired) electrons. The van der Waals surface area contributed by atoms with Crippen molar-refractivity contribution in [3.05, 3.63) is 22.7 Å². The maximum atomic E-state index is 12.0. The van der Waals surface area contributed by atoms with Crippen LogP contribution in [-0.2, 0) is 11.3 Å². The Morgan fingerprint density at radius 1 is 1.32 bits per heavy atom. The first-order valence-corrected chi connectivity index (χ1v) is 6.80. The van der Waals surface area contributed by atoms with Crippen molar-refractivity contribution >= 4 is 17.5 Å². The highest BCUT2D eigenvalue weighted by Crippen LogP contribution is 2.07. The molecule has 0 aliphatic heterocycles. The molecule has 1 aromatic rings. The Morgan fingerprint density at radius 2 is 1.95 bits per heavy atom. The standard InChI is InChI=1S/C13H21ClN4O/c1-5-18(6-2)13(19)9-17(4)8-12-15-10(3)7-11(14)16-12/h7H,5-6,8-9H2,1-4H3. The number of carbonyl (C=O) groups excluding carboxylic acids is 1. The van der Waals surface area contributed by atoms with Gasteiger partial charge >= 0.3 is 0 Å². The first-order chi connectivity index (χ1) is 8.96. The van der Waals surface area contributed by atoms with Gasteiger partial charge in [0, 0.05) is 18.8 Å². The van der Waals surface area contributed by atoms with E-state index >= 15 is 0 Å². The molecule has 1 heterocycles. The lowest BCUT2D eigenvalue weighted by molar-refractivity contribution is -0.131. The summed E-state index contributed by atoms with van der Waals surface area (Å²) in [7, 11) is 1.88. The van der Waals surface area contributed by atoms with Gasteiger partial charge in [0.05, 0.1) is 13.1 Å². The summed E-state index contributed by atoms with van der Waals surface area (Å²) in [6, 6.07) is 1.71. The number of hydrogen-bond acceptors (Lipinski definition) is 4. The van der Waals surface area contributed by atoms with Crippen molar-refractivity contribution < 1.29 is 4.79 Å². The zero-order valence-electron chi connectivity index (χ0n) is 12.0. The van der Waals surface area contributed by atoms with Gasteiger partial charge < -0.3 is 4.90 Å². The lowest BCUT2D eigenvalue weighted by Gasteiger charge is -2.22. The minimum atomic E-state index is 0.117. The van der Waals surface area contributed by atoms with Crippen molar-refractivity contribution in [3.8, 4) is 0 Å². The molecule has 5 nitrogen and oxygen atoms in total. The summed E-state index contributed by atoms with van der Waals surface area (Å²) in [4.78, 5) is 24.1. The molecular formula is C13H21ClN4O. The lowest BCUT2D eigenvalue weighted by atomic mass is 10.4. The third-order valence-electron chi connectivity index (χ3n) is 2.80. The zero-order valence-corrected chi connectivity index (χ0v) is 12.7. The fraction of sp³-hybridized carbons (Fsp3) is 0.615. The molecule has 0 saturated heterocycles. The van der Waals surface area contributed by atoms with Crippen LogP contribution >= 0.6 is 11.6 Å². The minimum absolute atomic E-state index is 0.117. The average Bonchev–Trinajstić information content (AvgIpc) is 2.28. The summed E-state index contributed by atoms with van der Waals surface area (Å²) >= 11 is 5.89. The maximum Gasteiger partial charge on any atom is 0.236 e. The second-order valence-electron chi connectivity index (χ2n) is 4.49. The number of likely N-dealkylation sites (N-methyl/N-ethyl adjacent to an activating group) is 2. The molecular weight excluding hydrogens is 264 g/mol. The monoisotopic (exact) mass is 284 g/mol. The number of rotatable bonds is 6. The number of aryl methyl sites for hydroxylation is 1. The Labute approximate surface area is 119 Å². The maximum absolute atomic E-state index is 12.0. The molecule has 0 unspecified atom stereocenters. The molecule has 0 aliphatic carbocycles. The van der Waals surface area contributed by atoms with Crippen LogP contribution in [0.1, 0.15) is 25.4 Å². The van der Waals surface area contributed by atoms with Crippen molar-refractivity contribution in [1.29, 1.82) is 0 Å². The van der Waals surface area contributed by atoms with Gasteiger partial charge in [-0.2, -0.15) is 0 Å². The first kappa shape index (κ1) is 15.9. The van der Waals surface area contributed by atoms with Crippen LogP contribution in [0.4, 0.5) is 0 Å². The van der Waals surface area contributed by atoms with Crippen LogP contribution in [0.5, 0.6) is 0 Å². The topological polar surface area (TPSA) is 49.3 Å². The number of amides is 1. The van der Waals surface area contributed by atoms with Crippen LogP contribution in [0.3, 0.4) is 0 Å². The van der Waals surface area contributed by atoms with E-state index in [0.29, 0.717) is 24.1 Å². The Balaban J connectivity index is 2.59. The van der Waals surface area contributed by atoms with E-state index in [9.17, 15) is 4.79 Å². The Hall–Kier alpha value is -1.20. The van der Waals surface area contributed by atoms with Gasteiger partial charge in [-0.25, -0.2) is 9.97 Å². The molecule has 0 fully saturated rings. The molecule has 0 bridgehead atoms. The van der Waals surface area contributed by atoms with E-state index < -0.39 is 0 Å². The molecule has 1 aromatic heterocycles. The van der Waals surface area contributed by atoms with Crippen LogP contribution in [0.25, 0.3) is 0 Å². The summed E-state index contributed by atoms with van der Waals surface area (Å²) in [6.45, 7) is 8.16. The summed E-state index contributed by atoms with van der Waals surface area (Å²) in [5.41, 5.74) is 0.832. The fourth-order valence-electron chi connectivity index (χ4n) is 1.86. The number of aromatic nitrogens is 2. The van der Waals surface area contributed by atoms with Gasteiger partial charge in [0.2, 0.25) is 5.91 Å². The third kappa shape index (κ3) is 5.12. The van der Waals surface area contributed by atoms with Gasteiger partial charge in [-0.15, -0.1) is 0 Å². The van der Waals surface area contributed by atoms with E-state index in [1.54, 1.807) is 11.0 Å². The van der Waals surface area contributed by atoms with Crippen molar-refractivity contribution in [3.63, 3.8) is 0 Å². The highest BCUT2D eigenvalue weighted by Gasteiger charge is 2.13. The number of nitrogens with zero attached hydrogens (tertiary/aromatic N) is 4. The summed E-state index contributed by atoms with van der Waals surface area (Å²) in [5, 5.41) is 0.436. The van der Waals surface area contributed by atoms with Crippen molar-refractivity contribution in [1.82, 2.24) is 19.8 Å². The van der Waals surface area contributed by atoms with Crippen LogP contribution in [-0.4, -0.2) is 52.4 Å². The van der Waals surface area contributed by atoms with E-state index in [1.807, 2.05) is 32.7 Å². The van der Waals surface area contributed by atoms with E-state index in [0.717, 1.165) is 18.8 Å². The molecule has 106 valence electrons. The number of halogens is 1. The average molecular weight is 285 g/mol. The second kappa shape index (κ2) is 7.40. The predicted molar refractivity (Wildman–Crippen MR) is 76.0 cm³/mol. The second-order valence-corrected chi connectivity index (χ2v) is 4.87. The van der Waals surface area contributed by atoms with E-state index in [4.69, 9.17) is 11.6 Å². The predicted octanol–water partition coefficient (Wildman–Crippen LogP) is 1.74. The zero-order chi connectivity index (χ0) is 14.4.